The van der Waals surface area contributed by atoms with Gasteiger partial charge in [-0.2, -0.15) is 0 Å². The topological polar surface area (TPSA) is 29.5 Å². The molecule has 0 amide bonds. The first kappa shape index (κ1) is 8.09. The summed E-state index contributed by atoms with van der Waals surface area (Å²) in [7, 11) is 2.06. The van der Waals surface area contributed by atoms with Crippen molar-refractivity contribution in [2.75, 3.05) is 6.61 Å². The maximum absolute atomic E-state index is 8.76. The fourth-order valence-corrected chi connectivity index (χ4v) is 1.49. The third-order valence-electron chi connectivity index (χ3n) is 2.08. The van der Waals surface area contributed by atoms with Crippen molar-refractivity contribution < 1.29 is 9.84 Å². The lowest BCUT2D eigenvalue weighted by Crippen LogP contribution is -2.20. The molecule has 0 aromatic carbocycles. The van der Waals surface area contributed by atoms with Crippen LogP contribution in [0.4, 0.5) is 0 Å². The largest absolute Gasteiger partial charge is 0.394 e. The first-order valence-corrected chi connectivity index (χ1v) is 3.83. The van der Waals surface area contributed by atoms with Crippen molar-refractivity contribution in [3.63, 3.8) is 0 Å². The van der Waals surface area contributed by atoms with E-state index in [-0.39, 0.29) is 18.7 Å². The molecule has 0 aromatic heterocycles. The summed E-state index contributed by atoms with van der Waals surface area (Å²) in [6.07, 6.45) is 1.07. The highest BCUT2D eigenvalue weighted by atomic mass is 16.5. The first-order valence-electron chi connectivity index (χ1n) is 3.83. The van der Waals surface area contributed by atoms with Gasteiger partial charge in [-0.3, -0.25) is 0 Å². The fourth-order valence-electron chi connectivity index (χ4n) is 1.49. The van der Waals surface area contributed by atoms with Crippen molar-refractivity contribution in [3.8, 4) is 0 Å². The Morgan fingerprint density at radius 1 is 1.70 bits per heavy atom. The molecule has 0 bridgehead atoms. The summed E-state index contributed by atoms with van der Waals surface area (Å²) in [5, 5.41) is 8.76. The predicted octanol–water partition coefficient (Wildman–Crippen LogP) is 0.482. The summed E-state index contributed by atoms with van der Waals surface area (Å²) in [5.74, 6) is 0.571. The van der Waals surface area contributed by atoms with E-state index in [4.69, 9.17) is 9.84 Å². The molecule has 1 saturated heterocycles. The summed E-state index contributed by atoms with van der Waals surface area (Å²) in [6.45, 7) is 4.32. The lowest BCUT2D eigenvalue weighted by Gasteiger charge is -2.10. The molecular formula is C7H14BO2. The van der Waals surface area contributed by atoms with Crippen molar-refractivity contribution in [2.24, 2.45) is 5.92 Å². The van der Waals surface area contributed by atoms with Gasteiger partial charge in [0.05, 0.1) is 12.7 Å². The number of hydrogen-bond acceptors (Lipinski definition) is 2. The van der Waals surface area contributed by atoms with Crippen LogP contribution in [-0.2, 0) is 4.74 Å². The van der Waals surface area contributed by atoms with Crippen LogP contribution in [0.15, 0.2) is 0 Å². The quantitative estimate of drug-likeness (QED) is 0.566. The lowest BCUT2D eigenvalue weighted by atomic mass is 9.69. The number of aliphatic hydroxyl groups excluding tert-OH is 1. The predicted molar refractivity (Wildman–Crippen MR) is 41.1 cm³/mol. The molecule has 3 atom stereocenters. The third kappa shape index (κ3) is 1.52. The molecule has 57 valence electrons. The van der Waals surface area contributed by atoms with Crippen LogP contribution in [0.1, 0.15) is 13.3 Å². The van der Waals surface area contributed by atoms with Crippen molar-refractivity contribution in [2.45, 2.75) is 32.3 Å². The summed E-state index contributed by atoms with van der Waals surface area (Å²) >= 11 is 0. The van der Waals surface area contributed by atoms with E-state index in [0.717, 1.165) is 6.42 Å². The Morgan fingerprint density at radius 3 is 2.70 bits per heavy atom. The monoisotopic (exact) mass is 141 g/mol. The molecule has 0 spiro atoms. The van der Waals surface area contributed by atoms with Gasteiger partial charge in [0, 0.05) is 6.00 Å². The molecule has 1 aliphatic rings. The van der Waals surface area contributed by atoms with Crippen molar-refractivity contribution >= 4 is 7.28 Å². The van der Waals surface area contributed by atoms with Gasteiger partial charge in [-0.15, -0.1) is 0 Å². The van der Waals surface area contributed by atoms with E-state index in [2.05, 4.69) is 14.2 Å². The molecule has 0 saturated carbocycles. The lowest BCUT2D eigenvalue weighted by molar-refractivity contribution is 0.0393. The number of rotatable bonds is 2. The van der Waals surface area contributed by atoms with Crippen LogP contribution in [0, 0.1) is 5.92 Å². The minimum Gasteiger partial charge on any atom is -0.394 e. The Hall–Kier alpha value is -0.0151. The molecule has 1 heterocycles. The molecule has 0 aromatic rings. The second kappa shape index (κ2) is 3.40. The number of ether oxygens (including phenoxy) is 1. The van der Waals surface area contributed by atoms with Gasteiger partial charge in [-0.1, -0.05) is 13.7 Å². The Labute approximate surface area is 62.8 Å². The van der Waals surface area contributed by atoms with E-state index in [9.17, 15) is 0 Å². The molecule has 1 aliphatic heterocycles. The zero-order valence-electron chi connectivity index (χ0n) is 6.58. The Kier molecular flexibility index (Phi) is 2.75. The zero-order valence-corrected chi connectivity index (χ0v) is 6.58. The van der Waals surface area contributed by atoms with Gasteiger partial charge in [0.1, 0.15) is 7.28 Å². The van der Waals surface area contributed by atoms with Gasteiger partial charge in [-0.25, -0.2) is 0 Å². The Balaban J connectivity index is 2.36. The summed E-state index contributed by atoms with van der Waals surface area (Å²) in [5.41, 5.74) is 0. The minimum absolute atomic E-state index is 0.0798. The van der Waals surface area contributed by atoms with Gasteiger partial charge in [0.15, 0.2) is 0 Å². The average Bonchev–Trinajstić information content (AvgIpc) is 2.30. The van der Waals surface area contributed by atoms with E-state index in [1.807, 2.05) is 6.82 Å². The second-order valence-electron chi connectivity index (χ2n) is 2.95. The van der Waals surface area contributed by atoms with Gasteiger partial charge in [0.2, 0.25) is 0 Å². The molecule has 3 heteroatoms. The molecule has 1 radical (unpaired) electrons. The van der Waals surface area contributed by atoms with E-state index < -0.39 is 0 Å². The highest BCUT2D eigenvalue weighted by molar-refractivity contribution is 6.35. The van der Waals surface area contributed by atoms with Crippen molar-refractivity contribution in [1.82, 2.24) is 0 Å². The molecule has 1 fully saturated rings. The van der Waals surface area contributed by atoms with Crippen LogP contribution in [0.25, 0.3) is 0 Å². The number of aliphatic hydroxyl groups is 1. The second-order valence-corrected chi connectivity index (χ2v) is 2.95. The van der Waals surface area contributed by atoms with Gasteiger partial charge >= 0.3 is 0 Å². The van der Waals surface area contributed by atoms with Crippen LogP contribution < -0.4 is 0 Å². The van der Waals surface area contributed by atoms with E-state index in [1.54, 1.807) is 0 Å². The summed E-state index contributed by atoms with van der Waals surface area (Å²) < 4.78 is 5.47. The van der Waals surface area contributed by atoms with Gasteiger partial charge in [0.25, 0.3) is 0 Å². The zero-order chi connectivity index (χ0) is 7.56. The molecule has 1 rings (SSSR count). The van der Waals surface area contributed by atoms with Crippen LogP contribution in [0.5, 0.6) is 0 Å². The minimum atomic E-state index is 0.0798. The summed E-state index contributed by atoms with van der Waals surface area (Å²) in [4.78, 5) is 0. The van der Waals surface area contributed by atoms with E-state index in [0.29, 0.717) is 5.92 Å². The molecule has 0 aliphatic carbocycles. The first-order chi connectivity index (χ1) is 4.77. The normalized spacial score (nSPS) is 40.1. The highest BCUT2D eigenvalue weighted by Crippen LogP contribution is 2.24. The summed E-state index contributed by atoms with van der Waals surface area (Å²) in [6, 6.07) is 0.261. The van der Waals surface area contributed by atoms with Crippen molar-refractivity contribution in [1.29, 1.82) is 0 Å². The molecule has 1 N–H and O–H groups in total. The number of hydrogen-bond donors (Lipinski definition) is 1. The third-order valence-corrected chi connectivity index (χ3v) is 2.08. The molecular weight excluding hydrogens is 127 g/mol. The van der Waals surface area contributed by atoms with E-state index in [1.165, 1.54) is 0 Å². The average molecular weight is 141 g/mol. The van der Waals surface area contributed by atoms with Crippen LogP contribution in [0.2, 0.25) is 6.82 Å². The van der Waals surface area contributed by atoms with Crippen LogP contribution in [-0.4, -0.2) is 31.1 Å². The molecule has 1 unspecified atom stereocenters. The highest BCUT2D eigenvalue weighted by Gasteiger charge is 2.29. The van der Waals surface area contributed by atoms with Crippen LogP contribution >= 0.6 is 0 Å². The smallest absolute Gasteiger partial charge is 0.146 e. The van der Waals surface area contributed by atoms with E-state index >= 15 is 0 Å². The van der Waals surface area contributed by atoms with Gasteiger partial charge in [-0.05, 0) is 12.3 Å². The molecule has 10 heavy (non-hydrogen) atoms. The maximum atomic E-state index is 8.76. The fraction of sp³-hybridized carbons (Fsp3) is 1.00. The standard InChI is InChI=1S/C7H14BO2/c1-5-3-6(4-9)10-7(5)8-2/h5-7,9H,3-4H2,1-2H3/t5?,6-,7+/m0/s1. The Bertz CT molecular complexity index is 108. The SMILES string of the molecule is C[B][C@@H]1O[C@H](CO)CC1C. The van der Waals surface area contributed by atoms with Crippen molar-refractivity contribution in [3.05, 3.63) is 0 Å². The maximum Gasteiger partial charge on any atom is 0.146 e. The molecule has 2 nitrogen and oxygen atoms in total. The van der Waals surface area contributed by atoms with Gasteiger partial charge < -0.3 is 9.84 Å². The van der Waals surface area contributed by atoms with Crippen LogP contribution in [0.3, 0.4) is 0 Å². The Morgan fingerprint density at radius 2 is 2.40 bits per heavy atom.